The summed E-state index contributed by atoms with van der Waals surface area (Å²) < 4.78 is 211. The number of nitrogens with one attached hydrogen (secondary N) is 4. The number of amides is 5. The highest BCUT2D eigenvalue weighted by atomic mass is 79.9. The maximum Gasteiger partial charge on any atom is 0.389 e. The molecule has 0 aromatic heterocycles. The number of alkyl halides is 9. The van der Waals surface area contributed by atoms with Crippen molar-refractivity contribution in [3.05, 3.63) is 114 Å². The van der Waals surface area contributed by atoms with Crippen LogP contribution in [-0.4, -0.2) is 242 Å². The number of aliphatic imine (C=N–C) groups is 3. The zero-order valence-corrected chi connectivity index (χ0v) is 80.8. The lowest BCUT2D eigenvalue weighted by atomic mass is 9.79. The number of rotatable bonds is 35. The van der Waals surface area contributed by atoms with Crippen LogP contribution in [0.3, 0.4) is 0 Å². The van der Waals surface area contributed by atoms with E-state index in [1.807, 2.05) is 13.8 Å². The van der Waals surface area contributed by atoms with E-state index < -0.39 is 90.5 Å². The van der Waals surface area contributed by atoms with Crippen molar-refractivity contribution in [2.75, 3.05) is 122 Å². The lowest BCUT2D eigenvalue weighted by Gasteiger charge is -2.34. The number of hydrogen-bond donors (Lipinski definition) is 8. The molecule has 133 heavy (non-hydrogen) atoms. The van der Waals surface area contributed by atoms with Gasteiger partial charge in [-0.05, 0) is 293 Å². The SMILES string of the molecule is C=CS(=O)(=O)N1CCC2(CC1)N=C(C1CCC(CCC(F)(F)F)CC1)NC2=O.Cc1cc(CCCOCCO)cc(C)c1/C=C/S(=O)(=O)N1CCC2(CC1)N=C(C1CCC(CCC(F)(F)F)CC1)NC2=O.Cc1cc(N(CCOCCO)C(N)=O)cc(C)c1/C=C/S(=O)(=O)N1CCC2(CC1)N=C(C1CCC(CCC(F)(F)F)CC1)NC2=O.Cc1cc(NCCOCCO)cc(C)c1Br. The second-order valence-electron chi connectivity index (χ2n) is 36.3. The van der Waals surface area contributed by atoms with Crippen LogP contribution in [0.1, 0.15) is 211 Å². The molecular weight excluding hydrogens is 1880 g/mol. The third-order valence-corrected chi connectivity index (χ3v) is 32.6. The van der Waals surface area contributed by atoms with E-state index in [0.717, 1.165) is 73.7 Å². The van der Waals surface area contributed by atoms with E-state index >= 15 is 0 Å². The predicted octanol–water partition coefficient (Wildman–Crippen LogP) is 14.5. The molecule has 3 aromatic rings. The van der Waals surface area contributed by atoms with Crippen molar-refractivity contribution in [1.29, 1.82) is 0 Å². The minimum atomic E-state index is -4.15. The lowest BCUT2D eigenvalue weighted by Crippen LogP contribution is -2.50. The van der Waals surface area contributed by atoms with Crippen LogP contribution in [0.15, 0.2) is 78.7 Å². The van der Waals surface area contributed by atoms with Crippen molar-refractivity contribution in [1.82, 2.24) is 28.9 Å². The molecule has 3 spiro atoms. The van der Waals surface area contributed by atoms with Crippen LogP contribution in [-0.2, 0) is 65.1 Å². The third kappa shape index (κ3) is 31.9. The van der Waals surface area contributed by atoms with Gasteiger partial charge in [-0.15, -0.1) is 0 Å². The molecule has 3 saturated heterocycles. The van der Waals surface area contributed by atoms with E-state index in [0.29, 0.717) is 145 Å². The zero-order valence-electron chi connectivity index (χ0n) is 76.8. The van der Waals surface area contributed by atoms with Gasteiger partial charge in [0.25, 0.3) is 17.7 Å². The molecule has 5 amide bonds. The van der Waals surface area contributed by atoms with Crippen molar-refractivity contribution in [3.63, 3.8) is 0 Å². The topological polar surface area (TPSA) is 383 Å². The Balaban J connectivity index is 0.000000211. The summed E-state index contributed by atoms with van der Waals surface area (Å²) in [4.78, 5) is 66.3. The van der Waals surface area contributed by atoms with E-state index in [1.165, 1.54) is 40.4 Å². The molecule has 12 rings (SSSR count). The zero-order chi connectivity index (χ0) is 97.5. The molecule has 6 fully saturated rings. The van der Waals surface area contributed by atoms with E-state index in [2.05, 4.69) is 86.9 Å². The molecule has 3 aromatic carbocycles. The van der Waals surface area contributed by atoms with E-state index in [1.54, 1.807) is 32.1 Å². The molecule has 6 heterocycles. The summed E-state index contributed by atoms with van der Waals surface area (Å²) in [7, 11) is -11.0. The molecule has 6 aliphatic heterocycles. The van der Waals surface area contributed by atoms with Crippen molar-refractivity contribution < 1.29 is 113 Å². The molecule has 41 heteroatoms. The van der Waals surface area contributed by atoms with Crippen molar-refractivity contribution in [2.45, 2.75) is 244 Å². The Hall–Kier alpha value is -7.29. The molecule has 9 N–H and O–H groups in total. The summed E-state index contributed by atoms with van der Waals surface area (Å²) in [5.41, 5.74) is 12.8. The minimum absolute atomic E-state index is 0.00675. The smallest absolute Gasteiger partial charge is 0.389 e. The quantitative estimate of drug-likeness (QED) is 0.0200. The van der Waals surface area contributed by atoms with Crippen LogP contribution in [0, 0.1) is 77.0 Å². The number of aliphatic hydroxyl groups is 3. The fourth-order valence-corrected chi connectivity index (χ4v) is 22.4. The molecular formula is C92H132BrF9N12O16S3. The van der Waals surface area contributed by atoms with E-state index in [4.69, 9.17) is 45.2 Å². The maximum absolute atomic E-state index is 13.3. The number of carbonyl (C=O) groups is 4. The highest BCUT2D eigenvalue weighted by Crippen LogP contribution is 2.44. The first-order valence-electron chi connectivity index (χ1n) is 45.9. The van der Waals surface area contributed by atoms with Crippen LogP contribution in [0.25, 0.3) is 12.2 Å². The van der Waals surface area contributed by atoms with Gasteiger partial charge in [0.1, 0.15) is 34.1 Å². The normalized spacial score (nSPS) is 22.5. The average Bonchev–Trinajstić information content (AvgIpc) is 1.64. The average molecular weight is 2010 g/mol. The largest absolute Gasteiger partial charge is 0.394 e. The van der Waals surface area contributed by atoms with Gasteiger partial charge in [-0.3, -0.25) is 34.3 Å². The predicted molar refractivity (Wildman–Crippen MR) is 497 cm³/mol. The first kappa shape index (κ1) is 109. The number of piperidine rings is 3. The number of primary amides is 1. The molecule has 0 unspecified atom stereocenters. The molecule has 3 aliphatic carbocycles. The molecule has 0 radical (unpaired) electrons. The first-order valence-corrected chi connectivity index (χ1v) is 51.2. The van der Waals surface area contributed by atoms with Crippen molar-refractivity contribution in [3.8, 4) is 0 Å². The number of halogens is 10. The van der Waals surface area contributed by atoms with E-state index in [-0.39, 0.29) is 177 Å². The van der Waals surface area contributed by atoms with Crippen LogP contribution in [0.5, 0.6) is 0 Å². The van der Waals surface area contributed by atoms with Crippen LogP contribution >= 0.6 is 15.9 Å². The Kier molecular flexibility index (Phi) is 40.1. The number of hydrogen-bond acceptors (Lipinski definition) is 20. The van der Waals surface area contributed by atoms with Gasteiger partial charge < -0.3 is 56.5 Å². The summed E-state index contributed by atoms with van der Waals surface area (Å²) in [5, 5.41) is 41.5. The number of carbonyl (C=O) groups excluding carboxylic acids is 4. The number of anilines is 2. The Morgan fingerprint density at radius 2 is 0.827 bits per heavy atom. The van der Waals surface area contributed by atoms with Crippen LogP contribution < -0.4 is 31.9 Å². The number of nitrogens with two attached hydrogens (primary N) is 1. The molecule has 9 aliphatic rings. The Bertz CT molecular complexity index is 4900. The number of ether oxygens (including phenoxy) is 3. The number of aliphatic hydroxyl groups excluding tert-OH is 3. The van der Waals surface area contributed by atoms with E-state index in [9.17, 15) is 83.9 Å². The second kappa shape index (κ2) is 48.8. The van der Waals surface area contributed by atoms with Gasteiger partial charge in [0.2, 0.25) is 30.1 Å². The standard InChI is InChI=1S/C31H44F3N5O6S.C31H44F3N3O5S.C18H26F3N3O3S.C12H18BrNO2/c1-21-19-25(39(29(35)42)14-16-45-17-15-40)20-22(2)26(21)8-18-46(43,44)38-12-10-30(11-13-38)28(41)36-27(37-30)24-5-3-23(4-6-24)7-9-31(32,33)34;1-22-20-25(4-3-17-42-18-16-38)21-23(2)27(22)10-19-43(40,41)37-14-12-30(13-15-37)29(39)35-28(36-30)26-7-5-24(6-8-26)9-11-31(32,33)34;1-2-28(26,27)24-11-9-17(10-12-24)16(25)22-15(23-17)14-5-3-13(4-6-14)7-8-18(19,20)21;1-9-7-11(8-10(2)12(9)13)14-3-5-16-6-4-15/h8,18-20,23-24,40H,3-7,9-17H2,1-2H3,(H2,35,42)(H,36,37,41);10,19-21,24,26,38H,3-9,11-18H2,1-2H3,(H,35,36,39);2,13-14H,1,3-12H2,(H,22,23,25);7-8,14-15H,3-6H2,1-2H3/b18-8+;19-10+;;. The van der Waals surface area contributed by atoms with Crippen LogP contribution in [0.4, 0.5) is 55.7 Å². The fourth-order valence-electron chi connectivity index (χ4n) is 19.0. The number of amidine groups is 3. The monoisotopic (exact) mass is 2010 g/mol. The number of aryl methyl sites for hydroxylation is 7. The van der Waals surface area contributed by atoms with Gasteiger partial charge >= 0.3 is 24.6 Å². The summed E-state index contributed by atoms with van der Waals surface area (Å²) >= 11 is 3.54. The van der Waals surface area contributed by atoms with Crippen LogP contribution in [0.2, 0.25) is 0 Å². The molecule has 744 valence electrons. The Labute approximate surface area is 784 Å². The molecule has 28 nitrogen and oxygen atoms in total. The number of sulfonamides is 3. The summed E-state index contributed by atoms with van der Waals surface area (Å²) in [6.07, 6.45) is 0.489. The number of nitrogens with zero attached hydrogens (tertiary/aromatic N) is 7. The highest BCUT2D eigenvalue weighted by Gasteiger charge is 2.52. The second-order valence-corrected chi connectivity index (χ2v) is 42.6. The van der Waals surface area contributed by atoms with Gasteiger partial charge in [-0.2, -0.15) is 52.4 Å². The Morgan fingerprint density at radius 3 is 1.15 bits per heavy atom. The number of benzene rings is 3. The fraction of sp³-hybridized carbons (Fsp3) is 0.663. The van der Waals surface area contributed by atoms with Gasteiger partial charge in [-0.1, -0.05) is 34.6 Å². The third-order valence-electron chi connectivity index (χ3n) is 26.7. The van der Waals surface area contributed by atoms with Gasteiger partial charge in [0, 0.05) is 122 Å². The summed E-state index contributed by atoms with van der Waals surface area (Å²) in [5.74, 6) is 1.36. The van der Waals surface area contributed by atoms with Gasteiger partial charge in [0.15, 0.2) is 0 Å². The maximum atomic E-state index is 13.3. The van der Waals surface area contributed by atoms with Gasteiger partial charge in [-0.25, -0.2) is 30.0 Å². The van der Waals surface area contributed by atoms with Gasteiger partial charge in [0.05, 0.1) is 59.4 Å². The molecule has 3 saturated carbocycles. The van der Waals surface area contributed by atoms with Crippen molar-refractivity contribution >= 4 is 111 Å². The van der Waals surface area contributed by atoms with Crippen molar-refractivity contribution in [2.24, 2.45) is 56.2 Å². The Morgan fingerprint density at radius 1 is 0.504 bits per heavy atom. The molecule has 0 atom stereocenters. The number of urea groups is 1. The minimum Gasteiger partial charge on any atom is -0.394 e. The highest BCUT2D eigenvalue weighted by molar-refractivity contribution is 9.10. The first-order chi connectivity index (χ1) is 62.6. The lowest BCUT2D eigenvalue weighted by molar-refractivity contribution is -0.139. The molecule has 0 bridgehead atoms. The summed E-state index contributed by atoms with van der Waals surface area (Å²) in [6, 6.07) is 11.1. The summed E-state index contributed by atoms with van der Waals surface area (Å²) in [6.45, 7) is 19.1.